The van der Waals surface area contributed by atoms with Gasteiger partial charge in [0.25, 0.3) is 0 Å². The maximum absolute atomic E-state index is 11.8. The van der Waals surface area contributed by atoms with E-state index in [1.165, 1.54) is 0 Å². The van der Waals surface area contributed by atoms with Gasteiger partial charge in [-0.3, -0.25) is 0 Å². The lowest BCUT2D eigenvalue weighted by atomic mass is 10.0. The summed E-state index contributed by atoms with van der Waals surface area (Å²) in [7, 11) is 3.12. The van der Waals surface area contributed by atoms with Crippen LogP contribution in [0.3, 0.4) is 0 Å². The number of aliphatic carboxylic acids is 1. The van der Waals surface area contributed by atoms with E-state index in [0.29, 0.717) is 35.0 Å². The van der Waals surface area contributed by atoms with Crippen molar-refractivity contribution in [2.75, 3.05) is 14.2 Å². The second-order valence-corrected chi connectivity index (χ2v) is 6.28. The van der Waals surface area contributed by atoms with E-state index in [2.05, 4.69) is 0 Å². The molecule has 3 aromatic carbocycles. The first-order valence-electron chi connectivity index (χ1n) is 9.05. The molecule has 0 amide bonds. The fourth-order valence-electron chi connectivity index (χ4n) is 2.83. The Morgan fingerprint density at radius 3 is 2.24 bits per heavy atom. The van der Waals surface area contributed by atoms with Crippen LogP contribution in [0.2, 0.25) is 0 Å². The van der Waals surface area contributed by atoms with Crippen molar-refractivity contribution in [2.45, 2.75) is 6.61 Å². The van der Waals surface area contributed by atoms with Crippen LogP contribution in [-0.2, 0) is 11.4 Å². The largest absolute Gasteiger partial charge is 0.497 e. The Bertz CT molecular complexity index is 992. The van der Waals surface area contributed by atoms with Gasteiger partial charge >= 0.3 is 5.97 Å². The summed E-state index contributed by atoms with van der Waals surface area (Å²) in [6, 6.07) is 22.1. The lowest BCUT2D eigenvalue weighted by Gasteiger charge is -2.12. The zero-order valence-electron chi connectivity index (χ0n) is 16.3. The molecule has 29 heavy (non-hydrogen) atoms. The van der Waals surface area contributed by atoms with Crippen molar-refractivity contribution >= 4 is 17.6 Å². The van der Waals surface area contributed by atoms with Gasteiger partial charge in [-0.05, 0) is 47.0 Å². The van der Waals surface area contributed by atoms with Crippen LogP contribution in [0.1, 0.15) is 16.7 Å². The van der Waals surface area contributed by atoms with E-state index >= 15 is 0 Å². The average Bonchev–Trinajstić information content (AvgIpc) is 2.77. The molecule has 148 valence electrons. The summed E-state index contributed by atoms with van der Waals surface area (Å²) in [6.07, 6.45) is 1.60. The first kappa shape index (κ1) is 20.0. The first-order chi connectivity index (χ1) is 14.1. The minimum Gasteiger partial charge on any atom is -0.497 e. The topological polar surface area (TPSA) is 65.0 Å². The Balaban J connectivity index is 1.85. The molecule has 0 saturated heterocycles. The van der Waals surface area contributed by atoms with Crippen molar-refractivity contribution in [3.63, 3.8) is 0 Å². The number of hydrogen-bond donors (Lipinski definition) is 1. The smallest absolute Gasteiger partial charge is 0.336 e. The molecular formula is C24H22O5. The summed E-state index contributed by atoms with van der Waals surface area (Å²) < 4.78 is 16.4. The third-order valence-corrected chi connectivity index (χ3v) is 4.37. The third kappa shape index (κ3) is 5.17. The highest BCUT2D eigenvalue weighted by Crippen LogP contribution is 2.31. The minimum atomic E-state index is -1.02. The molecule has 0 aliphatic heterocycles. The van der Waals surface area contributed by atoms with Crippen LogP contribution in [0.5, 0.6) is 17.2 Å². The van der Waals surface area contributed by atoms with Crippen LogP contribution >= 0.6 is 0 Å². The number of hydrogen-bond acceptors (Lipinski definition) is 4. The summed E-state index contributed by atoms with van der Waals surface area (Å²) in [4.78, 5) is 11.8. The van der Waals surface area contributed by atoms with Crippen molar-refractivity contribution in [1.29, 1.82) is 0 Å². The van der Waals surface area contributed by atoms with Crippen LogP contribution in [0, 0.1) is 0 Å². The van der Waals surface area contributed by atoms with Gasteiger partial charge in [0.05, 0.1) is 19.8 Å². The second-order valence-electron chi connectivity index (χ2n) is 6.28. The van der Waals surface area contributed by atoms with Crippen LogP contribution in [0.4, 0.5) is 0 Å². The maximum atomic E-state index is 11.8. The molecular weight excluding hydrogens is 368 g/mol. The Morgan fingerprint density at radius 1 is 0.897 bits per heavy atom. The van der Waals surface area contributed by atoms with E-state index in [0.717, 1.165) is 5.56 Å². The van der Waals surface area contributed by atoms with Gasteiger partial charge in [0, 0.05) is 0 Å². The van der Waals surface area contributed by atoms with E-state index < -0.39 is 5.97 Å². The lowest BCUT2D eigenvalue weighted by molar-refractivity contribution is -0.130. The molecule has 3 rings (SSSR count). The van der Waals surface area contributed by atoms with Crippen molar-refractivity contribution in [3.8, 4) is 17.2 Å². The number of carbonyl (C=O) groups is 1. The SMILES string of the molecule is COc1ccc(/C(=C/c2ccc(OCc3ccccc3)c(OC)c2)C(=O)O)cc1. The highest BCUT2D eigenvalue weighted by molar-refractivity contribution is 6.20. The van der Waals surface area contributed by atoms with Gasteiger partial charge < -0.3 is 19.3 Å². The fraction of sp³-hybridized carbons (Fsp3) is 0.125. The predicted molar refractivity (Wildman–Crippen MR) is 112 cm³/mol. The molecule has 0 heterocycles. The van der Waals surface area contributed by atoms with E-state index in [1.54, 1.807) is 62.8 Å². The molecule has 0 unspecified atom stereocenters. The van der Waals surface area contributed by atoms with Crippen LogP contribution in [0.15, 0.2) is 72.8 Å². The number of carboxylic acid groups (broad SMARTS) is 1. The highest BCUT2D eigenvalue weighted by atomic mass is 16.5. The number of ether oxygens (including phenoxy) is 3. The van der Waals surface area contributed by atoms with Crippen LogP contribution in [0.25, 0.3) is 11.6 Å². The van der Waals surface area contributed by atoms with Crippen LogP contribution in [-0.4, -0.2) is 25.3 Å². The normalized spacial score (nSPS) is 11.0. The molecule has 0 bridgehead atoms. The summed E-state index contributed by atoms with van der Waals surface area (Å²) in [6.45, 7) is 0.415. The van der Waals surface area contributed by atoms with Gasteiger partial charge in [-0.1, -0.05) is 48.5 Å². The Kier molecular flexibility index (Phi) is 6.53. The number of rotatable bonds is 8. The zero-order valence-corrected chi connectivity index (χ0v) is 16.3. The molecule has 1 N–H and O–H groups in total. The highest BCUT2D eigenvalue weighted by Gasteiger charge is 2.12. The first-order valence-corrected chi connectivity index (χ1v) is 9.05. The van der Waals surface area contributed by atoms with E-state index in [9.17, 15) is 9.90 Å². The standard InChI is InChI=1S/C24H22O5/c1-27-20-11-9-19(10-12-20)21(24(25)26)14-18-8-13-22(23(15-18)28-2)29-16-17-6-4-3-5-7-17/h3-15H,16H2,1-2H3,(H,25,26)/b21-14-. The third-order valence-electron chi connectivity index (χ3n) is 4.37. The Hall–Kier alpha value is -3.73. The summed E-state index contributed by atoms with van der Waals surface area (Å²) in [5, 5.41) is 9.65. The molecule has 0 saturated carbocycles. The number of benzene rings is 3. The minimum absolute atomic E-state index is 0.174. The monoisotopic (exact) mass is 390 g/mol. The van der Waals surface area contributed by atoms with Crippen molar-refractivity contribution in [1.82, 2.24) is 0 Å². The van der Waals surface area contributed by atoms with E-state index in [-0.39, 0.29) is 5.57 Å². The average molecular weight is 390 g/mol. The molecule has 0 aromatic heterocycles. The molecule has 5 heteroatoms. The fourth-order valence-corrected chi connectivity index (χ4v) is 2.83. The quantitative estimate of drug-likeness (QED) is 0.437. The van der Waals surface area contributed by atoms with Gasteiger partial charge in [-0.2, -0.15) is 0 Å². The van der Waals surface area contributed by atoms with Gasteiger partial charge in [0.1, 0.15) is 12.4 Å². The number of methoxy groups -OCH3 is 2. The number of carboxylic acids is 1. The van der Waals surface area contributed by atoms with Gasteiger partial charge in [-0.25, -0.2) is 4.79 Å². The predicted octanol–water partition coefficient (Wildman–Crippen LogP) is 4.91. The van der Waals surface area contributed by atoms with Crippen molar-refractivity contribution in [2.24, 2.45) is 0 Å². The molecule has 0 radical (unpaired) electrons. The maximum Gasteiger partial charge on any atom is 0.336 e. The molecule has 0 spiro atoms. The Labute approximate surface area is 169 Å². The molecule has 3 aromatic rings. The summed E-state index contributed by atoms with van der Waals surface area (Å²) in [5.74, 6) is 0.780. The molecule has 0 aliphatic rings. The van der Waals surface area contributed by atoms with Crippen molar-refractivity contribution < 1.29 is 24.1 Å². The zero-order chi connectivity index (χ0) is 20.6. The molecule has 0 fully saturated rings. The van der Waals surface area contributed by atoms with E-state index in [4.69, 9.17) is 14.2 Å². The summed E-state index contributed by atoms with van der Waals surface area (Å²) in [5.41, 5.74) is 2.50. The lowest BCUT2D eigenvalue weighted by Crippen LogP contribution is -2.00. The van der Waals surface area contributed by atoms with Gasteiger partial charge in [0.2, 0.25) is 0 Å². The molecule has 0 aliphatic carbocycles. The van der Waals surface area contributed by atoms with Gasteiger partial charge in [-0.15, -0.1) is 0 Å². The van der Waals surface area contributed by atoms with Gasteiger partial charge in [0.15, 0.2) is 11.5 Å². The second kappa shape index (κ2) is 9.46. The summed E-state index contributed by atoms with van der Waals surface area (Å²) >= 11 is 0. The molecule has 5 nitrogen and oxygen atoms in total. The molecule has 0 atom stereocenters. The van der Waals surface area contributed by atoms with Crippen LogP contribution < -0.4 is 14.2 Å². The van der Waals surface area contributed by atoms with Crippen molar-refractivity contribution in [3.05, 3.63) is 89.5 Å². The Morgan fingerprint density at radius 2 is 1.62 bits per heavy atom. The van der Waals surface area contributed by atoms with E-state index in [1.807, 2.05) is 30.3 Å².